The van der Waals surface area contributed by atoms with E-state index >= 15 is 0 Å². The molecule has 12 heavy (non-hydrogen) atoms. The molecular weight excluding hydrogens is 154 g/mol. The Morgan fingerprint density at radius 2 is 2.33 bits per heavy atom. The van der Waals surface area contributed by atoms with Crippen LogP contribution in [0.3, 0.4) is 0 Å². The molecule has 0 saturated carbocycles. The molecule has 1 aliphatic rings. The van der Waals surface area contributed by atoms with Crippen LogP contribution >= 0.6 is 0 Å². The van der Waals surface area contributed by atoms with Crippen molar-refractivity contribution in [3.05, 3.63) is 0 Å². The van der Waals surface area contributed by atoms with Crippen molar-refractivity contribution >= 4 is 0 Å². The molecule has 1 saturated heterocycles. The highest BCUT2D eigenvalue weighted by atomic mass is 16.5. The molecule has 0 spiro atoms. The summed E-state index contributed by atoms with van der Waals surface area (Å²) in [4.78, 5) is 0. The lowest BCUT2D eigenvalue weighted by Crippen LogP contribution is -2.37. The molecule has 1 fully saturated rings. The highest BCUT2D eigenvalue weighted by Gasteiger charge is 2.21. The number of hydrogen-bond acceptors (Lipinski definition) is 3. The van der Waals surface area contributed by atoms with Crippen LogP contribution in [0, 0.1) is 5.92 Å². The fourth-order valence-corrected chi connectivity index (χ4v) is 1.47. The Morgan fingerprint density at radius 1 is 1.58 bits per heavy atom. The van der Waals surface area contributed by atoms with E-state index in [0.29, 0.717) is 18.5 Å². The quantitative estimate of drug-likeness (QED) is 0.646. The maximum Gasteiger partial charge on any atom is 0.0636 e. The monoisotopic (exact) mass is 173 g/mol. The van der Waals surface area contributed by atoms with Gasteiger partial charge in [0.15, 0.2) is 0 Å². The number of rotatable bonds is 4. The van der Waals surface area contributed by atoms with E-state index in [1.165, 1.54) is 0 Å². The number of hydrogen-bond donors (Lipinski definition) is 2. The Morgan fingerprint density at radius 3 is 2.83 bits per heavy atom. The summed E-state index contributed by atoms with van der Waals surface area (Å²) >= 11 is 0. The zero-order valence-electron chi connectivity index (χ0n) is 7.92. The molecule has 0 radical (unpaired) electrons. The Hall–Kier alpha value is -0.120. The maximum atomic E-state index is 9.05. The van der Waals surface area contributed by atoms with Crippen molar-refractivity contribution in [2.45, 2.75) is 32.4 Å². The van der Waals surface area contributed by atoms with Crippen LogP contribution in [-0.2, 0) is 4.74 Å². The average Bonchev–Trinajstić information content (AvgIpc) is 2.51. The second-order valence-corrected chi connectivity index (χ2v) is 3.67. The lowest BCUT2D eigenvalue weighted by molar-refractivity contribution is 0.164. The molecule has 0 aromatic carbocycles. The van der Waals surface area contributed by atoms with Crippen LogP contribution in [0.1, 0.15) is 20.3 Å². The average molecular weight is 173 g/mol. The summed E-state index contributed by atoms with van der Waals surface area (Å²) in [5, 5.41) is 12.3. The lowest BCUT2D eigenvalue weighted by Gasteiger charge is -2.19. The molecule has 1 heterocycles. The summed E-state index contributed by atoms with van der Waals surface area (Å²) < 4.78 is 5.28. The minimum absolute atomic E-state index is 0.255. The van der Waals surface area contributed by atoms with Crippen LogP contribution in [0.25, 0.3) is 0 Å². The van der Waals surface area contributed by atoms with Gasteiger partial charge in [0, 0.05) is 19.2 Å². The van der Waals surface area contributed by atoms with Gasteiger partial charge >= 0.3 is 0 Å². The summed E-state index contributed by atoms with van der Waals surface area (Å²) in [5.74, 6) is 0.628. The van der Waals surface area contributed by atoms with E-state index in [4.69, 9.17) is 9.84 Å². The van der Waals surface area contributed by atoms with E-state index in [1.54, 1.807) is 6.92 Å². The Bertz CT molecular complexity index is 122. The number of ether oxygens (including phenoxy) is 1. The largest absolute Gasteiger partial charge is 0.392 e. The third kappa shape index (κ3) is 3.09. The third-order valence-electron chi connectivity index (χ3n) is 2.41. The lowest BCUT2D eigenvalue weighted by atomic mass is 10.0. The third-order valence-corrected chi connectivity index (χ3v) is 2.41. The fourth-order valence-electron chi connectivity index (χ4n) is 1.47. The summed E-state index contributed by atoms with van der Waals surface area (Å²) in [6.45, 7) is 6.39. The molecule has 0 bridgehead atoms. The molecule has 1 aliphatic heterocycles. The maximum absolute atomic E-state index is 9.05. The highest BCUT2D eigenvalue weighted by molar-refractivity contribution is 4.75. The molecule has 1 rings (SSSR count). The van der Waals surface area contributed by atoms with E-state index in [0.717, 1.165) is 19.6 Å². The Balaban J connectivity index is 2.13. The van der Waals surface area contributed by atoms with Crippen LogP contribution in [0.15, 0.2) is 0 Å². The van der Waals surface area contributed by atoms with Gasteiger partial charge in [-0.1, -0.05) is 0 Å². The zero-order chi connectivity index (χ0) is 8.97. The van der Waals surface area contributed by atoms with Crippen molar-refractivity contribution in [2.75, 3.05) is 19.8 Å². The van der Waals surface area contributed by atoms with Crippen molar-refractivity contribution in [2.24, 2.45) is 5.92 Å². The Labute approximate surface area is 74.1 Å². The van der Waals surface area contributed by atoms with Gasteiger partial charge in [-0.25, -0.2) is 0 Å². The molecule has 0 aromatic rings. The molecule has 0 amide bonds. The summed E-state index contributed by atoms with van der Waals surface area (Å²) in [6.07, 6.45) is 0.892. The molecule has 2 unspecified atom stereocenters. The van der Waals surface area contributed by atoms with Gasteiger partial charge in [0.05, 0.1) is 12.7 Å². The summed E-state index contributed by atoms with van der Waals surface area (Å²) in [7, 11) is 0. The molecule has 3 heteroatoms. The van der Waals surface area contributed by atoms with Crippen LogP contribution in [0.5, 0.6) is 0 Å². The molecule has 0 aromatic heterocycles. The number of aliphatic hydroxyl groups is 1. The van der Waals surface area contributed by atoms with Gasteiger partial charge in [0.2, 0.25) is 0 Å². The standard InChI is InChI=1S/C9H19NO2/c1-7(11)5-10-8(2)9-3-4-12-6-9/h7-11H,3-6H2,1-2H3/t7-,8?,9?/m1/s1. The summed E-state index contributed by atoms with van der Waals surface area (Å²) in [6, 6.07) is 0.460. The fraction of sp³-hybridized carbons (Fsp3) is 1.00. The molecule has 72 valence electrons. The van der Waals surface area contributed by atoms with E-state index in [2.05, 4.69) is 12.2 Å². The van der Waals surface area contributed by atoms with Crippen molar-refractivity contribution in [3.63, 3.8) is 0 Å². The smallest absolute Gasteiger partial charge is 0.0636 e. The predicted octanol–water partition coefficient (Wildman–Crippen LogP) is 0.382. The van der Waals surface area contributed by atoms with E-state index in [1.807, 2.05) is 0 Å². The van der Waals surface area contributed by atoms with Crippen LogP contribution in [0.4, 0.5) is 0 Å². The summed E-state index contributed by atoms with van der Waals surface area (Å²) in [5.41, 5.74) is 0. The molecule has 3 atom stereocenters. The predicted molar refractivity (Wildman–Crippen MR) is 48.1 cm³/mol. The van der Waals surface area contributed by atoms with E-state index in [-0.39, 0.29) is 6.10 Å². The van der Waals surface area contributed by atoms with Crippen LogP contribution < -0.4 is 5.32 Å². The van der Waals surface area contributed by atoms with Gasteiger partial charge in [0.1, 0.15) is 0 Å². The highest BCUT2D eigenvalue weighted by Crippen LogP contribution is 2.15. The number of nitrogens with one attached hydrogen (secondary N) is 1. The normalized spacial score (nSPS) is 28.8. The van der Waals surface area contributed by atoms with Gasteiger partial charge in [-0.15, -0.1) is 0 Å². The molecule has 0 aliphatic carbocycles. The first-order valence-electron chi connectivity index (χ1n) is 4.69. The minimum Gasteiger partial charge on any atom is -0.392 e. The van der Waals surface area contributed by atoms with Gasteiger partial charge in [-0.3, -0.25) is 0 Å². The second kappa shape index (κ2) is 4.80. The van der Waals surface area contributed by atoms with Crippen molar-refractivity contribution in [1.82, 2.24) is 5.32 Å². The first kappa shape index (κ1) is 9.96. The van der Waals surface area contributed by atoms with Gasteiger partial charge in [-0.2, -0.15) is 0 Å². The van der Waals surface area contributed by atoms with Crippen molar-refractivity contribution in [1.29, 1.82) is 0 Å². The first-order chi connectivity index (χ1) is 5.70. The molecule has 2 N–H and O–H groups in total. The minimum atomic E-state index is -0.255. The van der Waals surface area contributed by atoms with Gasteiger partial charge < -0.3 is 15.2 Å². The first-order valence-corrected chi connectivity index (χ1v) is 4.69. The van der Waals surface area contributed by atoms with Crippen LogP contribution in [-0.4, -0.2) is 37.0 Å². The second-order valence-electron chi connectivity index (χ2n) is 3.67. The van der Waals surface area contributed by atoms with Crippen LogP contribution in [0.2, 0.25) is 0 Å². The van der Waals surface area contributed by atoms with Crippen molar-refractivity contribution < 1.29 is 9.84 Å². The van der Waals surface area contributed by atoms with E-state index < -0.39 is 0 Å². The number of aliphatic hydroxyl groups excluding tert-OH is 1. The molecule has 3 nitrogen and oxygen atoms in total. The topological polar surface area (TPSA) is 41.5 Å². The van der Waals surface area contributed by atoms with Crippen molar-refractivity contribution in [3.8, 4) is 0 Å². The van der Waals surface area contributed by atoms with E-state index in [9.17, 15) is 0 Å². The SMILES string of the molecule is CC(NC[C@@H](C)O)C1CCOC1. The van der Waals surface area contributed by atoms with Gasteiger partial charge in [-0.05, 0) is 26.2 Å². The van der Waals surface area contributed by atoms with Gasteiger partial charge in [0.25, 0.3) is 0 Å². The molecular formula is C9H19NO2. The zero-order valence-corrected chi connectivity index (χ0v) is 7.92. The Kier molecular flexibility index (Phi) is 3.98.